The highest BCUT2D eigenvalue weighted by molar-refractivity contribution is 6.23. The van der Waals surface area contributed by atoms with E-state index in [4.69, 9.17) is 4.42 Å². The molecule has 0 saturated heterocycles. The third-order valence-electron chi connectivity index (χ3n) is 8.83. The minimum absolute atomic E-state index is 0.273. The van der Waals surface area contributed by atoms with E-state index in [1.807, 2.05) is 0 Å². The molecule has 7 rings (SSSR count). The fraction of sp³-hybridized carbons (Fsp3) is 0.400. The van der Waals surface area contributed by atoms with Crippen molar-refractivity contribution in [1.29, 1.82) is 0 Å². The predicted molar refractivity (Wildman–Crippen MR) is 134 cm³/mol. The van der Waals surface area contributed by atoms with Gasteiger partial charge in [0.25, 0.3) is 0 Å². The molecule has 2 aliphatic carbocycles. The van der Waals surface area contributed by atoms with Gasteiger partial charge in [0, 0.05) is 28.7 Å². The van der Waals surface area contributed by atoms with E-state index >= 15 is 0 Å². The second-order valence-electron chi connectivity index (χ2n) is 11.2. The largest absolute Gasteiger partial charge is 0.455 e. The summed E-state index contributed by atoms with van der Waals surface area (Å²) in [5.74, 6) is 2.69. The standard InChI is InChI=1S/C30H31NO/c1-18-12-19-14-20(13-18)17-30(2,16-19)21-8-9-22-23-10-11-26-28(29(23)32-27(22)15-21)24-6-4-5-7-25(24)31(26)3/h4-11,15,18-20H,12-14,16-17H2,1-3H3. The van der Waals surface area contributed by atoms with Crippen molar-refractivity contribution >= 4 is 43.7 Å². The van der Waals surface area contributed by atoms with Crippen LogP contribution in [0.1, 0.15) is 51.5 Å². The van der Waals surface area contributed by atoms with Gasteiger partial charge in [0.15, 0.2) is 0 Å². The van der Waals surface area contributed by atoms with E-state index in [0.29, 0.717) is 0 Å². The van der Waals surface area contributed by atoms with Crippen molar-refractivity contribution in [1.82, 2.24) is 4.57 Å². The molecular weight excluding hydrogens is 390 g/mol. The molecule has 0 N–H and O–H groups in total. The molecule has 2 nitrogen and oxygen atoms in total. The Morgan fingerprint density at radius 3 is 2.41 bits per heavy atom. The molecule has 2 aliphatic rings. The zero-order valence-corrected chi connectivity index (χ0v) is 19.3. The van der Waals surface area contributed by atoms with Gasteiger partial charge in [-0.05, 0) is 85.1 Å². The van der Waals surface area contributed by atoms with Gasteiger partial charge in [0.1, 0.15) is 11.2 Å². The Labute approximate surface area is 189 Å². The van der Waals surface area contributed by atoms with Crippen LogP contribution in [0.2, 0.25) is 0 Å². The van der Waals surface area contributed by atoms with Crippen LogP contribution in [-0.2, 0) is 12.5 Å². The Balaban J connectivity index is 1.42. The first-order valence-electron chi connectivity index (χ1n) is 12.3. The number of fused-ring (bicyclic) bond motifs is 9. The van der Waals surface area contributed by atoms with Crippen molar-refractivity contribution in [3.8, 4) is 0 Å². The van der Waals surface area contributed by atoms with E-state index in [2.05, 4.69) is 80.1 Å². The van der Waals surface area contributed by atoms with Gasteiger partial charge in [-0.25, -0.2) is 0 Å². The molecule has 2 bridgehead atoms. The van der Waals surface area contributed by atoms with E-state index in [9.17, 15) is 0 Å². The highest BCUT2D eigenvalue weighted by atomic mass is 16.3. The van der Waals surface area contributed by atoms with Crippen molar-refractivity contribution < 1.29 is 4.42 Å². The normalized spacial score (nSPS) is 28.3. The van der Waals surface area contributed by atoms with Gasteiger partial charge < -0.3 is 8.98 Å². The molecule has 5 aromatic rings. The molecule has 3 aromatic carbocycles. The highest BCUT2D eigenvalue weighted by Gasteiger charge is 2.42. The Bertz CT molecular complexity index is 1500. The molecule has 2 saturated carbocycles. The number of hydrogen-bond donors (Lipinski definition) is 0. The Morgan fingerprint density at radius 2 is 1.59 bits per heavy atom. The lowest BCUT2D eigenvalue weighted by molar-refractivity contribution is 0.0899. The highest BCUT2D eigenvalue weighted by Crippen LogP contribution is 2.52. The molecule has 2 atom stereocenters. The lowest BCUT2D eigenvalue weighted by Crippen LogP contribution is -2.38. The molecule has 2 unspecified atom stereocenters. The van der Waals surface area contributed by atoms with E-state index in [0.717, 1.165) is 28.9 Å². The number of rotatable bonds is 1. The maximum atomic E-state index is 6.66. The number of para-hydroxylation sites is 1. The first-order chi connectivity index (χ1) is 15.5. The number of aryl methyl sites for hydroxylation is 1. The molecule has 2 aromatic heterocycles. The molecule has 0 aliphatic heterocycles. The smallest absolute Gasteiger partial charge is 0.145 e. The van der Waals surface area contributed by atoms with E-state index in [1.54, 1.807) is 0 Å². The lowest BCUT2D eigenvalue weighted by atomic mass is 9.57. The maximum absolute atomic E-state index is 6.66. The molecule has 32 heavy (non-hydrogen) atoms. The summed E-state index contributed by atoms with van der Waals surface area (Å²) >= 11 is 0. The predicted octanol–water partition coefficient (Wildman–Crippen LogP) is 8.33. The molecular formula is C30H31NO. The Morgan fingerprint density at radius 1 is 0.844 bits per heavy atom. The van der Waals surface area contributed by atoms with Gasteiger partial charge in [0.2, 0.25) is 0 Å². The SMILES string of the molecule is CC1CC2CC(C1)CC(C)(c1ccc3c(c1)oc1c3ccc3c1c1ccccc1n3C)C2. The molecule has 2 heterocycles. The van der Waals surface area contributed by atoms with Crippen LogP contribution in [0, 0.1) is 17.8 Å². The van der Waals surface area contributed by atoms with Crippen LogP contribution in [0.3, 0.4) is 0 Å². The summed E-state index contributed by atoms with van der Waals surface area (Å²) in [4.78, 5) is 0. The first-order valence-corrected chi connectivity index (χ1v) is 12.3. The van der Waals surface area contributed by atoms with Crippen molar-refractivity contribution in [3.63, 3.8) is 0 Å². The van der Waals surface area contributed by atoms with Gasteiger partial charge in [0.05, 0.1) is 10.9 Å². The fourth-order valence-corrected chi connectivity index (χ4v) is 7.68. The topological polar surface area (TPSA) is 18.1 Å². The third-order valence-corrected chi connectivity index (χ3v) is 8.83. The van der Waals surface area contributed by atoms with Gasteiger partial charge in [-0.15, -0.1) is 0 Å². The van der Waals surface area contributed by atoms with Gasteiger partial charge >= 0.3 is 0 Å². The van der Waals surface area contributed by atoms with Gasteiger partial charge in [-0.1, -0.05) is 44.2 Å². The van der Waals surface area contributed by atoms with Crippen LogP contribution in [0.4, 0.5) is 0 Å². The van der Waals surface area contributed by atoms with Gasteiger partial charge in [-0.3, -0.25) is 0 Å². The van der Waals surface area contributed by atoms with Crippen LogP contribution in [0.15, 0.2) is 59.0 Å². The molecule has 162 valence electrons. The number of benzene rings is 3. The van der Waals surface area contributed by atoms with Crippen molar-refractivity contribution in [2.45, 2.75) is 51.4 Å². The summed E-state index contributed by atoms with van der Waals surface area (Å²) in [5.41, 5.74) is 6.32. The summed E-state index contributed by atoms with van der Waals surface area (Å²) in [6.07, 6.45) is 6.93. The summed E-state index contributed by atoms with van der Waals surface area (Å²) in [7, 11) is 2.15. The lowest BCUT2D eigenvalue weighted by Gasteiger charge is -2.47. The van der Waals surface area contributed by atoms with Crippen molar-refractivity contribution in [2.24, 2.45) is 24.8 Å². The fourth-order valence-electron chi connectivity index (χ4n) is 7.68. The minimum atomic E-state index is 0.273. The maximum Gasteiger partial charge on any atom is 0.145 e. The number of hydrogen-bond acceptors (Lipinski definition) is 1. The van der Waals surface area contributed by atoms with Crippen molar-refractivity contribution in [2.75, 3.05) is 0 Å². The van der Waals surface area contributed by atoms with Crippen LogP contribution in [-0.4, -0.2) is 4.57 Å². The molecule has 0 spiro atoms. The molecule has 2 fully saturated rings. The quantitative estimate of drug-likeness (QED) is 0.266. The molecule has 0 radical (unpaired) electrons. The molecule has 2 heteroatoms. The van der Waals surface area contributed by atoms with Crippen LogP contribution < -0.4 is 0 Å². The Kier molecular flexibility index (Phi) is 3.76. The first kappa shape index (κ1) is 18.8. The average Bonchev–Trinajstić information content (AvgIpc) is 3.28. The Hall–Kier alpha value is -2.74. The summed E-state index contributed by atoms with van der Waals surface area (Å²) in [6.45, 7) is 4.96. The second-order valence-corrected chi connectivity index (χ2v) is 11.2. The zero-order valence-electron chi connectivity index (χ0n) is 19.3. The number of aromatic nitrogens is 1. The van der Waals surface area contributed by atoms with E-state index in [1.165, 1.54) is 70.2 Å². The van der Waals surface area contributed by atoms with Crippen LogP contribution in [0.25, 0.3) is 43.7 Å². The summed E-state index contributed by atoms with van der Waals surface area (Å²) < 4.78 is 8.94. The second kappa shape index (κ2) is 6.41. The summed E-state index contributed by atoms with van der Waals surface area (Å²) in [5, 5.41) is 4.99. The van der Waals surface area contributed by atoms with Crippen LogP contribution >= 0.6 is 0 Å². The zero-order chi connectivity index (χ0) is 21.6. The number of furan rings is 1. The van der Waals surface area contributed by atoms with Crippen molar-refractivity contribution in [3.05, 3.63) is 60.2 Å². The van der Waals surface area contributed by atoms with E-state index < -0.39 is 0 Å². The van der Waals surface area contributed by atoms with Crippen LogP contribution in [0.5, 0.6) is 0 Å². The van der Waals surface area contributed by atoms with E-state index in [-0.39, 0.29) is 5.41 Å². The average molecular weight is 422 g/mol. The molecule has 0 amide bonds. The summed E-state index contributed by atoms with van der Waals surface area (Å²) in [6, 6.07) is 20.3. The number of nitrogens with zero attached hydrogens (tertiary/aromatic N) is 1. The third kappa shape index (κ3) is 2.53. The monoisotopic (exact) mass is 421 g/mol. The van der Waals surface area contributed by atoms with Gasteiger partial charge in [-0.2, -0.15) is 0 Å². The minimum Gasteiger partial charge on any atom is -0.455 e.